The van der Waals surface area contributed by atoms with Gasteiger partial charge < -0.3 is 9.80 Å². The van der Waals surface area contributed by atoms with Gasteiger partial charge in [-0.2, -0.15) is 0 Å². The summed E-state index contributed by atoms with van der Waals surface area (Å²) < 4.78 is 28.4. The van der Waals surface area contributed by atoms with Gasteiger partial charge in [-0.3, -0.25) is 9.59 Å². The molecule has 0 unspecified atom stereocenters. The van der Waals surface area contributed by atoms with Crippen molar-refractivity contribution in [3.63, 3.8) is 0 Å². The number of nitrogens with zero attached hydrogens (tertiary/aromatic N) is 2. The van der Waals surface area contributed by atoms with Gasteiger partial charge in [0.25, 0.3) is 5.91 Å². The highest BCUT2D eigenvalue weighted by atomic mass is 32.2. The first-order chi connectivity index (χ1) is 14.8. The number of rotatable bonds is 5. The normalized spacial score (nSPS) is 16.3. The number of likely N-dealkylation sites (tertiary alicyclic amines) is 1. The zero-order valence-electron chi connectivity index (χ0n) is 17.6. The highest BCUT2D eigenvalue weighted by Crippen LogP contribution is 2.29. The minimum atomic E-state index is -3.73. The van der Waals surface area contributed by atoms with E-state index < -0.39 is 10.0 Å². The van der Waals surface area contributed by atoms with Gasteiger partial charge in [-0.15, -0.1) is 0 Å². The number of amides is 2. The van der Waals surface area contributed by atoms with Gasteiger partial charge in [0.2, 0.25) is 15.9 Å². The molecule has 1 fully saturated rings. The van der Waals surface area contributed by atoms with E-state index in [0.717, 1.165) is 55.6 Å². The lowest BCUT2D eigenvalue weighted by Crippen LogP contribution is -2.33. The molecule has 0 atom stereocenters. The summed E-state index contributed by atoms with van der Waals surface area (Å²) in [6.45, 7) is 3.81. The van der Waals surface area contributed by atoms with E-state index in [9.17, 15) is 18.0 Å². The maximum absolute atomic E-state index is 12.9. The van der Waals surface area contributed by atoms with Gasteiger partial charge in [-0.05, 0) is 67.1 Å². The second kappa shape index (κ2) is 8.80. The lowest BCUT2D eigenvalue weighted by atomic mass is 10.0. The predicted octanol–water partition coefficient (Wildman–Crippen LogP) is 2.70. The summed E-state index contributed by atoms with van der Waals surface area (Å²) in [6, 6.07) is 12.0. The van der Waals surface area contributed by atoms with Crippen LogP contribution < -0.4 is 9.62 Å². The molecule has 1 N–H and O–H groups in total. The van der Waals surface area contributed by atoms with E-state index in [4.69, 9.17) is 0 Å². The van der Waals surface area contributed by atoms with Crippen molar-refractivity contribution in [3.8, 4) is 0 Å². The molecule has 164 valence electrons. The second-order valence-corrected chi connectivity index (χ2v) is 9.86. The Hall–Kier alpha value is -2.71. The number of anilines is 1. The molecular formula is C23H27N3O4S. The first kappa shape index (κ1) is 21.5. The molecule has 0 spiro atoms. The van der Waals surface area contributed by atoms with Crippen LogP contribution in [0.3, 0.4) is 0 Å². The molecule has 2 aromatic rings. The largest absolute Gasteiger partial charge is 0.339 e. The summed E-state index contributed by atoms with van der Waals surface area (Å²) >= 11 is 0. The predicted molar refractivity (Wildman–Crippen MR) is 118 cm³/mol. The topological polar surface area (TPSA) is 86.8 Å². The molecule has 4 rings (SSSR count). The fourth-order valence-corrected chi connectivity index (χ4v) is 5.31. The molecule has 2 aromatic carbocycles. The van der Waals surface area contributed by atoms with Gasteiger partial charge in [0.1, 0.15) is 0 Å². The molecule has 0 aromatic heterocycles. The first-order valence-corrected chi connectivity index (χ1v) is 12.1. The third-order valence-electron chi connectivity index (χ3n) is 5.89. The molecule has 0 radical (unpaired) electrons. The van der Waals surface area contributed by atoms with Gasteiger partial charge in [0.15, 0.2) is 0 Å². The zero-order chi connectivity index (χ0) is 22.0. The Bertz CT molecular complexity index is 1110. The number of benzene rings is 2. The van der Waals surface area contributed by atoms with E-state index in [1.807, 2.05) is 4.90 Å². The molecule has 0 bridgehead atoms. The number of hydrogen-bond donors (Lipinski definition) is 1. The van der Waals surface area contributed by atoms with Crippen molar-refractivity contribution in [3.05, 3.63) is 59.2 Å². The zero-order valence-corrected chi connectivity index (χ0v) is 18.5. The lowest BCUT2D eigenvalue weighted by molar-refractivity contribution is -0.116. The molecular weight excluding hydrogens is 414 g/mol. The molecule has 8 heteroatoms. The van der Waals surface area contributed by atoms with Crippen LogP contribution in [-0.2, 0) is 27.8 Å². The van der Waals surface area contributed by atoms with Crippen LogP contribution in [-0.4, -0.2) is 44.8 Å². The molecule has 31 heavy (non-hydrogen) atoms. The number of sulfonamides is 1. The third-order valence-corrected chi connectivity index (χ3v) is 7.29. The average molecular weight is 442 g/mol. The van der Waals surface area contributed by atoms with Crippen molar-refractivity contribution in [2.45, 2.75) is 44.0 Å². The monoisotopic (exact) mass is 441 g/mol. The first-order valence-electron chi connectivity index (χ1n) is 10.6. The number of carbonyl (C=O) groups excluding carboxylic acids is 2. The Morgan fingerprint density at radius 3 is 2.52 bits per heavy atom. The minimum absolute atomic E-state index is 0.00748. The number of hydrogen-bond acceptors (Lipinski definition) is 4. The standard InChI is InChI=1S/C23H27N3O4S/c1-17(27)26-13-5-8-19-15-21(9-10-22(19)26)31(29,30)24-16-18-6-4-7-20(14-18)23(28)25-11-2-3-12-25/h4,6-7,9-10,14-15,24H,2-3,5,8,11-13,16H2,1H3. The Morgan fingerprint density at radius 1 is 1.00 bits per heavy atom. The van der Waals surface area contributed by atoms with Crippen molar-refractivity contribution in [2.24, 2.45) is 0 Å². The summed E-state index contributed by atoms with van der Waals surface area (Å²) in [4.78, 5) is 28.1. The summed E-state index contributed by atoms with van der Waals surface area (Å²) in [5, 5.41) is 0. The van der Waals surface area contributed by atoms with E-state index in [2.05, 4.69) is 4.72 Å². The van der Waals surface area contributed by atoms with Crippen LogP contribution in [0, 0.1) is 0 Å². The van der Waals surface area contributed by atoms with Gasteiger partial charge in [0.05, 0.1) is 4.90 Å². The minimum Gasteiger partial charge on any atom is -0.339 e. The molecule has 2 aliphatic heterocycles. The summed E-state index contributed by atoms with van der Waals surface area (Å²) in [6.07, 6.45) is 3.59. The van der Waals surface area contributed by atoms with E-state index in [1.165, 1.54) is 13.0 Å². The molecule has 2 heterocycles. The summed E-state index contributed by atoms with van der Waals surface area (Å²) in [5.41, 5.74) is 2.96. The van der Waals surface area contributed by atoms with E-state index in [1.54, 1.807) is 41.3 Å². The highest BCUT2D eigenvalue weighted by molar-refractivity contribution is 7.89. The Balaban J connectivity index is 1.48. The van der Waals surface area contributed by atoms with Crippen LogP contribution in [0.5, 0.6) is 0 Å². The quantitative estimate of drug-likeness (QED) is 0.773. The van der Waals surface area contributed by atoms with Crippen molar-refractivity contribution in [1.82, 2.24) is 9.62 Å². The Kier molecular flexibility index (Phi) is 6.11. The smallest absolute Gasteiger partial charge is 0.253 e. The Morgan fingerprint density at radius 2 is 1.77 bits per heavy atom. The second-order valence-electron chi connectivity index (χ2n) is 8.09. The van der Waals surface area contributed by atoms with Gasteiger partial charge in [-0.1, -0.05) is 12.1 Å². The SMILES string of the molecule is CC(=O)N1CCCc2cc(S(=O)(=O)NCc3cccc(C(=O)N4CCCC4)c3)ccc21. The lowest BCUT2D eigenvalue weighted by Gasteiger charge is -2.28. The van der Waals surface area contributed by atoms with Crippen molar-refractivity contribution in [1.29, 1.82) is 0 Å². The van der Waals surface area contributed by atoms with Crippen LogP contribution in [0.4, 0.5) is 5.69 Å². The van der Waals surface area contributed by atoms with Crippen LogP contribution in [0.15, 0.2) is 47.4 Å². The maximum atomic E-state index is 12.9. The van der Waals surface area contributed by atoms with Crippen LogP contribution >= 0.6 is 0 Å². The van der Waals surface area contributed by atoms with E-state index in [0.29, 0.717) is 12.1 Å². The summed E-state index contributed by atoms with van der Waals surface area (Å²) in [7, 11) is -3.73. The fraction of sp³-hybridized carbons (Fsp3) is 0.391. The molecule has 2 amide bonds. The number of carbonyl (C=O) groups is 2. The number of aryl methyl sites for hydroxylation is 1. The van der Waals surface area contributed by atoms with E-state index in [-0.39, 0.29) is 23.3 Å². The number of fused-ring (bicyclic) bond motifs is 1. The van der Waals surface area contributed by atoms with E-state index >= 15 is 0 Å². The van der Waals surface area contributed by atoms with Gasteiger partial charge in [-0.25, -0.2) is 13.1 Å². The van der Waals surface area contributed by atoms with Crippen molar-refractivity contribution >= 4 is 27.5 Å². The Labute approximate surface area is 183 Å². The molecule has 0 saturated carbocycles. The average Bonchev–Trinajstić information content (AvgIpc) is 3.31. The van der Waals surface area contributed by atoms with Gasteiger partial charge in [0, 0.05) is 44.4 Å². The van der Waals surface area contributed by atoms with Crippen molar-refractivity contribution < 1.29 is 18.0 Å². The maximum Gasteiger partial charge on any atom is 0.253 e. The van der Waals surface area contributed by atoms with Gasteiger partial charge >= 0.3 is 0 Å². The molecule has 2 aliphatic rings. The van der Waals surface area contributed by atoms with Crippen LogP contribution in [0.2, 0.25) is 0 Å². The molecule has 0 aliphatic carbocycles. The van der Waals surface area contributed by atoms with Crippen molar-refractivity contribution in [2.75, 3.05) is 24.5 Å². The van der Waals surface area contributed by atoms with Crippen LogP contribution in [0.1, 0.15) is 47.7 Å². The number of nitrogens with one attached hydrogen (secondary N) is 1. The third kappa shape index (κ3) is 4.65. The fourth-order valence-electron chi connectivity index (χ4n) is 4.25. The molecule has 7 nitrogen and oxygen atoms in total. The molecule has 1 saturated heterocycles. The highest BCUT2D eigenvalue weighted by Gasteiger charge is 2.23. The van der Waals surface area contributed by atoms with Crippen LogP contribution in [0.25, 0.3) is 0 Å². The summed E-state index contributed by atoms with van der Waals surface area (Å²) in [5.74, 6) is -0.0510.